The summed E-state index contributed by atoms with van der Waals surface area (Å²) in [6.45, 7) is 4.11. The van der Waals surface area contributed by atoms with Crippen LogP contribution in [0.3, 0.4) is 0 Å². The third kappa shape index (κ3) is 5.24. The zero-order valence-corrected chi connectivity index (χ0v) is 17.2. The maximum Gasteiger partial charge on any atom is 0.293 e. The predicted octanol–water partition coefficient (Wildman–Crippen LogP) is 3.60. The topological polar surface area (TPSA) is 75.7 Å². The molecule has 0 aliphatic carbocycles. The normalized spacial score (nSPS) is 15.4. The molecule has 0 bridgehead atoms. The summed E-state index contributed by atoms with van der Waals surface area (Å²) >= 11 is 2.42. The summed E-state index contributed by atoms with van der Waals surface area (Å²) < 4.78 is 5.50. The zero-order chi connectivity index (χ0) is 20.1. The number of thioether (sulfide) groups is 1. The standard InChI is InChI=1S/C20H20N2O4S2/c1-13-8-14(2)10-15(9-13)26-12-18(23)21-5-6-22-19(24)17(28-20(22)25)11-16-4-3-7-27-16/h3-4,7-11H,5-6,12H2,1-2H3,(H,21,23)/b17-11-. The molecule has 6 nitrogen and oxygen atoms in total. The fraction of sp³-hybridized carbons (Fsp3) is 0.250. The molecule has 1 aromatic heterocycles. The molecule has 1 aromatic carbocycles. The molecule has 0 spiro atoms. The van der Waals surface area contributed by atoms with E-state index in [1.54, 1.807) is 6.08 Å². The Bertz CT molecular complexity index is 902. The van der Waals surface area contributed by atoms with Crippen molar-refractivity contribution in [1.29, 1.82) is 0 Å². The van der Waals surface area contributed by atoms with Gasteiger partial charge in [0.25, 0.3) is 17.1 Å². The number of thiophene rings is 1. The Hall–Kier alpha value is -2.58. The number of aryl methyl sites for hydroxylation is 2. The molecule has 0 saturated carbocycles. The smallest absolute Gasteiger partial charge is 0.293 e. The van der Waals surface area contributed by atoms with Crippen molar-refractivity contribution in [3.8, 4) is 5.75 Å². The second-order valence-corrected chi connectivity index (χ2v) is 8.28. The van der Waals surface area contributed by atoms with Gasteiger partial charge in [-0.3, -0.25) is 19.3 Å². The number of nitrogens with zero attached hydrogens (tertiary/aromatic N) is 1. The van der Waals surface area contributed by atoms with Crippen LogP contribution in [0.2, 0.25) is 0 Å². The van der Waals surface area contributed by atoms with Crippen molar-refractivity contribution in [3.05, 3.63) is 56.6 Å². The van der Waals surface area contributed by atoms with Crippen molar-refractivity contribution < 1.29 is 19.1 Å². The van der Waals surface area contributed by atoms with Crippen LogP contribution in [0.15, 0.2) is 40.6 Å². The summed E-state index contributed by atoms with van der Waals surface area (Å²) in [4.78, 5) is 38.9. The van der Waals surface area contributed by atoms with E-state index in [9.17, 15) is 14.4 Å². The molecular formula is C20H20N2O4S2. The lowest BCUT2D eigenvalue weighted by Gasteiger charge is -2.13. The molecule has 2 aromatic rings. The van der Waals surface area contributed by atoms with Crippen molar-refractivity contribution in [3.63, 3.8) is 0 Å². The molecule has 1 fully saturated rings. The number of imide groups is 1. The first-order valence-corrected chi connectivity index (χ1v) is 10.4. The average molecular weight is 417 g/mol. The maximum absolute atomic E-state index is 12.4. The third-order valence-electron chi connectivity index (χ3n) is 3.91. The summed E-state index contributed by atoms with van der Waals surface area (Å²) in [5.41, 5.74) is 2.12. The molecule has 0 unspecified atom stereocenters. The molecule has 1 aliphatic rings. The number of hydrogen-bond donors (Lipinski definition) is 1. The number of amides is 3. The fourth-order valence-corrected chi connectivity index (χ4v) is 4.31. The monoisotopic (exact) mass is 416 g/mol. The Morgan fingerprint density at radius 3 is 2.64 bits per heavy atom. The van der Waals surface area contributed by atoms with Crippen LogP contribution < -0.4 is 10.1 Å². The van der Waals surface area contributed by atoms with Gasteiger partial charge in [-0.05, 0) is 66.4 Å². The summed E-state index contributed by atoms with van der Waals surface area (Å²) in [6.07, 6.45) is 1.71. The van der Waals surface area contributed by atoms with Gasteiger partial charge in [-0.15, -0.1) is 11.3 Å². The first-order valence-electron chi connectivity index (χ1n) is 8.69. The van der Waals surface area contributed by atoms with E-state index in [1.807, 2.05) is 49.6 Å². The largest absolute Gasteiger partial charge is 0.484 e. The SMILES string of the molecule is Cc1cc(C)cc(OCC(=O)NCCN2C(=O)S/C(=C\c3cccs3)C2=O)c1. The molecule has 1 N–H and O–H groups in total. The second kappa shape index (κ2) is 9.07. The number of hydrogen-bond acceptors (Lipinski definition) is 6. The fourth-order valence-electron chi connectivity index (χ4n) is 2.72. The number of carbonyl (C=O) groups is 3. The van der Waals surface area contributed by atoms with Crippen LogP contribution in [0, 0.1) is 13.8 Å². The number of ether oxygens (including phenoxy) is 1. The van der Waals surface area contributed by atoms with Crippen molar-refractivity contribution in [2.45, 2.75) is 13.8 Å². The van der Waals surface area contributed by atoms with Crippen molar-refractivity contribution in [1.82, 2.24) is 10.2 Å². The predicted molar refractivity (Wildman–Crippen MR) is 111 cm³/mol. The van der Waals surface area contributed by atoms with E-state index in [1.165, 1.54) is 11.3 Å². The summed E-state index contributed by atoms with van der Waals surface area (Å²) in [7, 11) is 0. The Labute approximate surface area is 171 Å². The van der Waals surface area contributed by atoms with Gasteiger partial charge in [0.1, 0.15) is 5.75 Å². The number of rotatable bonds is 7. The van der Waals surface area contributed by atoms with Gasteiger partial charge in [0, 0.05) is 18.0 Å². The molecular weight excluding hydrogens is 396 g/mol. The molecule has 3 amide bonds. The Morgan fingerprint density at radius 1 is 1.21 bits per heavy atom. The van der Waals surface area contributed by atoms with Crippen LogP contribution in [0.4, 0.5) is 4.79 Å². The molecule has 1 aliphatic heterocycles. The third-order valence-corrected chi connectivity index (χ3v) is 5.64. The first kappa shape index (κ1) is 20.2. The average Bonchev–Trinajstić information content (AvgIpc) is 3.23. The van der Waals surface area contributed by atoms with Crippen LogP contribution in [0.25, 0.3) is 6.08 Å². The highest BCUT2D eigenvalue weighted by molar-refractivity contribution is 8.18. The van der Waals surface area contributed by atoms with E-state index in [-0.39, 0.29) is 36.7 Å². The van der Waals surface area contributed by atoms with E-state index in [4.69, 9.17) is 4.74 Å². The molecule has 3 rings (SSSR count). The van der Waals surface area contributed by atoms with E-state index >= 15 is 0 Å². The van der Waals surface area contributed by atoms with Crippen LogP contribution >= 0.6 is 23.1 Å². The van der Waals surface area contributed by atoms with Crippen LogP contribution in [0.1, 0.15) is 16.0 Å². The van der Waals surface area contributed by atoms with Crippen molar-refractivity contribution in [2.24, 2.45) is 0 Å². The van der Waals surface area contributed by atoms with Crippen molar-refractivity contribution in [2.75, 3.05) is 19.7 Å². The van der Waals surface area contributed by atoms with E-state index in [0.29, 0.717) is 10.7 Å². The number of nitrogens with one attached hydrogen (secondary N) is 1. The summed E-state index contributed by atoms with van der Waals surface area (Å²) in [5, 5.41) is 4.26. The Kier molecular flexibility index (Phi) is 6.53. The first-order chi connectivity index (χ1) is 13.4. The lowest BCUT2D eigenvalue weighted by Crippen LogP contribution is -2.38. The molecule has 28 heavy (non-hydrogen) atoms. The summed E-state index contributed by atoms with van der Waals surface area (Å²) in [6, 6.07) is 9.52. The lowest BCUT2D eigenvalue weighted by molar-refractivity contribution is -0.125. The Balaban J connectivity index is 1.46. The van der Waals surface area contributed by atoms with Gasteiger partial charge in [-0.1, -0.05) is 12.1 Å². The minimum absolute atomic E-state index is 0.122. The van der Waals surface area contributed by atoms with Gasteiger partial charge in [-0.2, -0.15) is 0 Å². The minimum atomic E-state index is -0.330. The molecule has 2 heterocycles. The number of benzene rings is 1. The van der Waals surface area contributed by atoms with Crippen LogP contribution in [-0.4, -0.2) is 41.6 Å². The quantitative estimate of drug-likeness (QED) is 0.698. The van der Waals surface area contributed by atoms with E-state index < -0.39 is 0 Å². The van der Waals surface area contributed by atoms with Gasteiger partial charge in [0.05, 0.1) is 4.91 Å². The highest BCUT2D eigenvalue weighted by Gasteiger charge is 2.34. The maximum atomic E-state index is 12.4. The van der Waals surface area contributed by atoms with Crippen LogP contribution in [-0.2, 0) is 9.59 Å². The molecule has 146 valence electrons. The highest BCUT2D eigenvalue weighted by atomic mass is 32.2. The van der Waals surface area contributed by atoms with Gasteiger partial charge in [0.2, 0.25) is 0 Å². The minimum Gasteiger partial charge on any atom is -0.484 e. The highest BCUT2D eigenvalue weighted by Crippen LogP contribution is 2.32. The molecule has 0 radical (unpaired) electrons. The Morgan fingerprint density at radius 2 is 1.96 bits per heavy atom. The van der Waals surface area contributed by atoms with Gasteiger partial charge >= 0.3 is 0 Å². The van der Waals surface area contributed by atoms with Gasteiger partial charge < -0.3 is 10.1 Å². The lowest BCUT2D eigenvalue weighted by atomic mass is 10.1. The number of carbonyl (C=O) groups excluding carboxylic acids is 3. The summed E-state index contributed by atoms with van der Waals surface area (Å²) in [5.74, 6) is 0.00157. The van der Waals surface area contributed by atoms with Crippen molar-refractivity contribution >= 4 is 46.2 Å². The second-order valence-electron chi connectivity index (χ2n) is 6.31. The molecule has 8 heteroatoms. The van der Waals surface area contributed by atoms with Crippen LogP contribution in [0.5, 0.6) is 5.75 Å². The van der Waals surface area contributed by atoms with E-state index in [2.05, 4.69) is 5.32 Å². The zero-order valence-electron chi connectivity index (χ0n) is 15.6. The molecule has 1 saturated heterocycles. The van der Waals surface area contributed by atoms with E-state index in [0.717, 1.165) is 32.7 Å². The van der Waals surface area contributed by atoms with Gasteiger partial charge in [0.15, 0.2) is 6.61 Å². The molecule has 0 atom stereocenters. The van der Waals surface area contributed by atoms with Gasteiger partial charge in [-0.25, -0.2) is 0 Å².